The number of fused-ring (bicyclic) bond motifs is 2. The van der Waals surface area contributed by atoms with E-state index in [9.17, 15) is 9.59 Å². The van der Waals surface area contributed by atoms with Crippen LogP contribution in [0.3, 0.4) is 0 Å². The summed E-state index contributed by atoms with van der Waals surface area (Å²) in [4.78, 5) is 34.2. The average Bonchev–Trinajstić information content (AvgIpc) is 2.66. The molecule has 0 fully saturated rings. The molecule has 1 amide bonds. The van der Waals surface area contributed by atoms with Crippen LogP contribution in [0.4, 0.5) is 5.69 Å². The third-order valence-electron chi connectivity index (χ3n) is 5.28. The minimum atomic E-state index is -0.252. The van der Waals surface area contributed by atoms with Crippen LogP contribution in [0.2, 0.25) is 0 Å². The maximum atomic E-state index is 12.8. The van der Waals surface area contributed by atoms with Crippen molar-refractivity contribution in [2.45, 2.75) is 46.1 Å². The number of carbonyl (C=O) groups excluding carboxylic acids is 1. The Kier molecular flexibility index (Phi) is 4.48. The molecule has 0 bridgehead atoms. The van der Waals surface area contributed by atoms with E-state index in [4.69, 9.17) is 0 Å². The molecule has 6 nitrogen and oxygen atoms in total. The van der Waals surface area contributed by atoms with Gasteiger partial charge in [0.15, 0.2) is 5.65 Å². The number of nitrogens with one attached hydrogen (secondary N) is 1. The smallest absolute Gasteiger partial charge is 0.263 e. The number of amides is 1. The third-order valence-corrected chi connectivity index (χ3v) is 5.28. The van der Waals surface area contributed by atoms with Crippen molar-refractivity contribution >= 4 is 22.6 Å². The van der Waals surface area contributed by atoms with Gasteiger partial charge in [-0.05, 0) is 68.4 Å². The Labute approximate surface area is 157 Å². The number of pyridine rings is 1. The van der Waals surface area contributed by atoms with E-state index in [0.29, 0.717) is 11.0 Å². The predicted octanol–water partition coefficient (Wildman–Crippen LogP) is 2.93. The fourth-order valence-electron chi connectivity index (χ4n) is 3.55. The van der Waals surface area contributed by atoms with Crippen LogP contribution in [0.1, 0.15) is 35.2 Å². The Morgan fingerprint density at radius 3 is 2.89 bits per heavy atom. The van der Waals surface area contributed by atoms with Crippen LogP contribution < -0.4 is 10.9 Å². The van der Waals surface area contributed by atoms with Gasteiger partial charge in [0.2, 0.25) is 5.91 Å². The average molecular weight is 362 g/mol. The lowest BCUT2D eigenvalue weighted by atomic mass is 9.95. The molecule has 0 atom stereocenters. The van der Waals surface area contributed by atoms with Gasteiger partial charge in [-0.15, -0.1) is 0 Å². The van der Waals surface area contributed by atoms with Gasteiger partial charge >= 0.3 is 0 Å². The molecule has 6 heteroatoms. The van der Waals surface area contributed by atoms with Gasteiger partial charge in [-0.25, -0.2) is 9.97 Å². The predicted molar refractivity (Wildman–Crippen MR) is 105 cm³/mol. The van der Waals surface area contributed by atoms with E-state index >= 15 is 0 Å². The van der Waals surface area contributed by atoms with Gasteiger partial charge in [-0.3, -0.25) is 14.2 Å². The normalized spacial score (nSPS) is 13.4. The van der Waals surface area contributed by atoms with E-state index in [2.05, 4.69) is 15.3 Å². The Morgan fingerprint density at radius 2 is 2.04 bits per heavy atom. The summed E-state index contributed by atoms with van der Waals surface area (Å²) in [7, 11) is 0. The summed E-state index contributed by atoms with van der Waals surface area (Å²) in [6, 6.07) is 7.66. The SMILES string of the molecule is Cc1cccc(NC(=O)Cn2cnc3nc4c(cc3c2=O)CCCC4)c1C. The van der Waals surface area contributed by atoms with Gasteiger partial charge in [0.05, 0.1) is 5.39 Å². The number of nitrogens with zero attached hydrogens (tertiary/aromatic N) is 3. The lowest BCUT2D eigenvalue weighted by Crippen LogP contribution is -2.28. The third kappa shape index (κ3) is 3.35. The minimum Gasteiger partial charge on any atom is -0.324 e. The maximum Gasteiger partial charge on any atom is 0.263 e. The van der Waals surface area contributed by atoms with Gasteiger partial charge in [0.1, 0.15) is 12.9 Å². The lowest BCUT2D eigenvalue weighted by Gasteiger charge is -2.15. The van der Waals surface area contributed by atoms with Gasteiger partial charge < -0.3 is 5.32 Å². The Hall–Kier alpha value is -3.02. The summed E-state index contributed by atoms with van der Waals surface area (Å²) in [5, 5.41) is 3.37. The van der Waals surface area contributed by atoms with Gasteiger partial charge in [-0.1, -0.05) is 12.1 Å². The van der Waals surface area contributed by atoms with Crippen molar-refractivity contribution < 1.29 is 4.79 Å². The first-order valence-electron chi connectivity index (χ1n) is 9.27. The van der Waals surface area contributed by atoms with E-state index in [1.807, 2.05) is 38.1 Å². The van der Waals surface area contributed by atoms with Crippen molar-refractivity contribution in [3.8, 4) is 0 Å². The molecule has 0 saturated carbocycles. The quantitative estimate of drug-likeness (QED) is 0.777. The molecule has 0 spiro atoms. The van der Waals surface area contributed by atoms with E-state index < -0.39 is 0 Å². The molecular weight excluding hydrogens is 340 g/mol. The standard InChI is InChI=1S/C21H22N4O2/c1-13-6-5-9-17(14(13)2)23-19(26)11-25-12-22-20-16(21(25)27)10-15-7-3-4-8-18(15)24-20/h5-6,9-10,12H,3-4,7-8,11H2,1-2H3,(H,23,26). The summed E-state index contributed by atoms with van der Waals surface area (Å²) in [5.74, 6) is -0.252. The summed E-state index contributed by atoms with van der Waals surface area (Å²) < 4.78 is 1.35. The minimum absolute atomic E-state index is 0.0771. The fraction of sp³-hybridized carbons (Fsp3) is 0.333. The van der Waals surface area contributed by atoms with Crippen LogP contribution in [0.25, 0.3) is 11.0 Å². The summed E-state index contributed by atoms with van der Waals surface area (Å²) in [6.07, 6.45) is 5.54. The molecule has 1 aromatic carbocycles. The summed E-state index contributed by atoms with van der Waals surface area (Å²) >= 11 is 0. The zero-order chi connectivity index (χ0) is 19.0. The monoisotopic (exact) mass is 362 g/mol. The van der Waals surface area contributed by atoms with Crippen LogP contribution in [0.5, 0.6) is 0 Å². The molecule has 4 rings (SSSR count). The number of anilines is 1. The zero-order valence-electron chi connectivity index (χ0n) is 15.6. The van der Waals surface area contributed by atoms with Crippen molar-refractivity contribution in [3.05, 3.63) is 63.3 Å². The highest BCUT2D eigenvalue weighted by Gasteiger charge is 2.16. The molecule has 27 heavy (non-hydrogen) atoms. The molecule has 0 saturated heterocycles. The zero-order valence-corrected chi connectivity index (χ0v) is 15.6. The Morgan fingerprint density at radius 1 is 1.22 bits per heavy atom. The van der Waals surface area contributed by atoms with Crippen molar-refractivity contribution in [3.63, 3.8) is 0 Å². The van der Waals surface area contributed by atoms with Crippen molar-refractivity contribution in [1.82, 2.24) is 14.5 Å². The second kappa shape index (κ2) is 6.95. The van der Waals surface area contributed by atoms with Crippen molar-refractivity contribution in [1.29, 1.82) is 0 Å². The largest absolute Gasteiger partial charge is 0.324 e. The number of aromatic nitrogens is 3. The van der Waals surface area contributed by atoms with Gasteiger partial charge in [0, 0.05) is 11.4 Å². The number of carbonyl (C=O) groups is 1. The van der Waals surface area contributed by atoms with Crippen LogP contribution in [-0.2, 0) is 24.2 Å². The van der Waals surface area contributed by atoms with Crippen molar-refractivity contribution in [2.75, 3.05) is 5.32 Å². The summed E-state index contributed by atoms with van der Waals surface area (Å²) in [5.41, 5.74) is 5.30. The Bertz CT molecular complexity index is 1100. The Balaban J connectivity index is 1.62. The first-order valence-corrected chi connectivity index (χ1v) is 9.27. The number of benzene rings is 1. The molecule has 1 N–H and O–H groups in total. The molecule has 2 aromatic heterocycles. The molecule has 2 heterocycles. The van der Waals surface area contributed by atoms with Crippen LogP contribution in [0.15, 0.2) is 35.4 Å². The molecule has 138 valence electrons. The van der Waals surface area contributed by atoms with Crippen LogP contribution in [-0.4, -0.2) is 20.4 Å². The van der Waals surface area contributed by atoms with E-state index in [-0.39, 0.29) is 18.0 Å². The topological polar surface area (TPSA) is 76.9 Å². The van der Waals surface area contributed by atoms with Gasteiger partial charge in [0.25, 0.3) is 5.56 Å². The fourth-order valence-corrected chi connectivity index (χ4v) is 3.55. The number of aryl methyl sites for hydroxylation is 3. The van der Waals surface area contributed by atoms with E-state index in [1.165, 1.54) is 10.9 Å². The molecule has 0 aliphatic heterocycles. The summed E-state index contributed by atoms with van der Waals surface area (Å²) in [6.45, 7) is 3.88. The first-order chi connectivity index (χ1) is 13.0. The molecule has 1 aliphatic carbocycles. The molecule has 0 radical (unpaired) electrons. The van der Waals surface area contributed by atoms with Crippen LogP contribution >= 0.6 is 0 Å². The molecular formula is C21H22N4O2. The molecule has 1 aliphatic rings. The first kappa shape index (κ1) is 17.4. The lowest BCUT2D eigenvalue weighted by molar-refractivity contribution is -0.116. The number of hydrogen-bond acceptors (Lipinski definition) is 4. The number of rotatable bonds is 3. The van der Waals surface area contributed by atoms with E-state index in [1.54, 1.807) is 0 Å². The molecule has 3 aromatic rings. The highest BCUT2D eigenvalue weighted by Crippen LogP contribution is 2.21. The second-order valence-electron chi connectivity index (χ2n) is 7.15. The highest BCUT2D eigenvalue weighted by molar-refractivity contribution is 5.91. The maximum absolute atomic E-state index is 12.8. The molecule has 0 unspecified atom stereocenters. The number of hydrogen-bond donors (Lipinski definition) is 1. The highest BCUT2D eigenvalue weighted by atomic mass is 16.2. The van der Waals surface area contributed by atoms with Gasteiger partial charge in [-0.2, -0.15) is 0 Å². The second-order valence-corrected chi connectivity index (χ2v) is 7.15. The van der Waals surface area contributed by atoms with Crippen LogP contribution in [0, 0.1) is 13.8 Å². The van der Waals surface area contributed by atoms with E-state index in [0.717, 1.165) is 53.8 Å². The van der Waals surface area contributed by atoms with Crippen molar-refractivity contribution in [2.24, 2.45) is 0 Å².